The van der Waals surface area contributed by atoms with Gasteiger partial charge in [-0.25, -0.2) is 0 Å². The average molecular weight is 718 g/mol. The Morgan fingerprint density at radius 3 is 1.46 bits per heavy atom. The number of rotatable bonds is 7. The number of anilines is 6. The minimum absolute atomic E-state index is 0.421. The second kappa shape index (κ2) is 13.4. The summed E-state index contributed by atoms with van der Waals surface area (Å²) in [5.41, 5.74) is 10.1. The monoisotopic (exact) mass is 717 g/mol. The predicted molar refractivity (Wildman–Crippen MR) is 227 cm³/mol. The molecule has 262 valence electrons. The van der Waals surface area contributed by atoms with Crippen LogP contribution in [0.15, 0.2) is 192 Å². The lowest BCUT2D eigenvalue weighted by Gasteiger charge is -2.31. The number of aromatic nitrogens is 1. The van der Waals surface area contributed by atoms with Crippen LogP contribution in [0, 0.1) is 22.7 Å². The molecule has 0 aliphatic rings. The van der Waals surface area contributed by atoms with Gasteiger partial charge in [0, 0.05) is 50.4 Å². The van der Waals surface area contributed by atoms with Crippen molar-refractivity contribution in [1.29, 1.82) is 10.5 Å². The third kappa shape index (κ3) is 5.25. The molecule has 0 N–H and O–H groups in total. The minimum Gasteiger partial charge on any atom is -0.456 e. The molecule has 0 radical (unpaired) electrons. The number of para-hydroxylation sites is 5. The molecule has 56 heavy (non-hydrogen) atoms. The summed E-state index contributed by atoms with van der Waals surface area (Å²) in [6, 6.07) is 68.0. The largest absolute Gasteiger partial charge is 0.456 e. The third-order valence-electron chi connectivity index (χ3n) is 10.4. The topological polar surface area (TPSA) is 72.1 Å². The number of nitrogens with zero attached hydrogens (tertiary/aromatic N) is 5. The fraction of sp³-hybridized carbons (Fsp3) is 0. The molecule has 8 aromatic carbocycles. The van der Waals surface area contributed by atoms with Gasteiger partial charge in [0.2, 0.25) is 0 Å². The highest BCUT2D eigenvalue weighted by atomic mass is 16.3. The summed E-state index contributed by atoms with van der Waals surface area (Å²) in [6.07, 6.45) is 0. The van der Waals surface area contributed by atoms with E-state index in [2.05, 4.69) is 118 Å². The zero-order chi connectivity index (χ0) is 37.6. The van der Waals surface area contributed by atoms with E-state index in [0.717, 1.165) is 72.2 Å². The summed E-state index contributed by atoms with van der Waals surface area (Å²) in [5, 5.41) is 25.9. The average Bonchev–Trinajstić information content (AvgIpc) is 3.80. The molecule has 0 unspecified atom stereocenters. The van der Waals surface area contributed by atoms with Gasteiger partial charge in [0.25, 0.3) is 0 Å². The first-order valence-corrected chi connectivity index (χ1v) is 18.4. The molecule has 0 atom stereocenters. The van der Waals surface area contributed by atoms with Gasteiger partial charge in [0.1, 0.15) is 23.3 Å². The first kappa shape index (κ1) is 32.6. The van der Waals surface area contributed by atoms with Crippen LogP contribution in [0.5, 0.6) is 0 Å². The van der Waals surface area contributed by atoms with Crippen LogP contribution in [-0.4, -0.2) is 4.57 Å². The fourth-order valence-corrected chi connectivity index (χ4v) is 7.99. The molecule has 0 spiro atoms. The van der Waals surface area contributed by atoms with Crippen molar-refractivity contribution in [3.63, 3.8) is 0 Å². The SMILES string of the molecule is N#Cc1ccc(C#N)c(-n2c3ccccc3c3ccccc32)c1N(c1ccc(N(c2ccccc2)c2ccccc2)cc1)c1ccc2c(c1)oc1ccccc12. The maximum Gasteiger partial charge on any atom is 0.137 e. The summed E-state index contributed by atoms with van der Waals surface area (Å²) < 4.78 is 8.56. The maximum atomic E-state index is 10.9. The summed E-state index contributed by atoms with van der Waals surface area (Å²) in [5.74, 6) is 0. The Labute approximate surface area is 323 Å². The predicted octanol–water partition coefficient (Wildman–Crippen LogP) is 13.4. The van der Waals surface area contributed by atoms with E-state index in [4.69, 9.17) is 4.42 Å². The summed E-state index contributed by atoms with van der Waals surface area (Å²) in [4.78, 5) is 4.30. The molecule has 0 bridgehead atoms. The van der Waals surface area contributed by atoms with Gasteiger partial charge < -0.3 is 18.8 Å². The Morgan fingerprint density at radius 2 is 0.857 bits per heavy atom. The first-order chi connectivity index (χ1) is 27.7. The van der Waals surface area contributed by atoms with Gasteiger partial charge in [-0.05, 0) is 91.0 Å². The molecule has 10 rings (SSSR count). The van der Waals surface area contributed by atoms with Crippen LogP contribution in [0.2, 0.25) is 0 Å². The Kier molecular flexibility index (Phi) is 7.80. The Hall–Kier alpha value is -8.06. The highest BCUT2D eigenvalue weighted by molar-refractivity contribution is 6.11. The van der Waals surface area contributed by atoms with Gasteiger partial charge in [-0.15, -0.1) is 0 Å². The van der Waals surface area contributed by atoms with Crippen LogP contribution in [0.3, 0.4) is 0 Å². The molecular formula is C50H31N5O. The molecule has 6 heteroatoms. The molecule has 0 fully saturated rings. The number of fused-ring (bicyclic) bond motifs is 6. The van der Waals surface area contributed by atoms with Crippen LogP contribution in [0.1, 0.15) is 11.1 Å². The molecule has 0 saturated carbocycles. The van der Waals surface area contributed by atoms with E-state index in [-0.39, 0.29) is 0 Å². The van der Waals surface area contributed by atoms with Crippen molar-refractivity contribution in [3.8, 4) is 17.8 Å². The zero-order valence-corrected chi connectivity index (χ0v) is 30.0. The fourth-order valence-electron chi connectivity index (χ4n) is 7.99. The van der Waals surface area contributed by atoms with Crippen LogP contribution < -0.4 is 9.80 Å². The standard InChI is InChI=1S/C50H31N5O/c51-32-34-23-24-35(33-52)50(55-45-20-10-7-17-41(45)42-18-8-11-21-46(42)55)49(34)54(40-29-30-44-43-19-9-12-22-47(43)56-48(44)31-40)39-27-25-38(26-28-39)53(36-13-3-1-4-14-36)37-15-5-2-6-16-37/h1-31H. The minimum atomic E-state index is 0.421. The Morgan fingerprint density at radius 1 is 0.393 bits per heavy atom. The summed E-state index contributed by atoms with van der Waals surface area (Å²) in [7, 11) is 0. The zero-order valence-electron chi connectivity index (χ0n) is 30.0. The molecule has 0 aliphatic carbocycles. The quantitative estimate of drug-likeness (QED) is 0.164. The van der Waals surface area contributed by atoms with E-state index >= 15 is 0 Å². The van der Waals surface area contributed by atoms with Gasteiger partial charge in [0.15, 0.2) is 0 Å². The molecule has 0 amide bonds. The summed E-state index contributed by atoms with van der Waals surface area (Å²) >= 11 is 0. The molecule has 0 aliphatic heterocycles. The van der Waals surface area contributed by atoms with Crippen molar-refractivity contribution in [2.45, 2.75) is 0 Å². The number of benzene rings is 8. The number of nitriles is 2. The van der Waals surface area contributed by atoms with Gasteiger partial charge in [-0.3, -0.25) is 0 Å². The smallest absolute Gasteiger partial charge is 0.137 e. The van der Waals surface area contributed by atoms with Gasteiger partial charge in [-0.1, -0.05) is 91.0 Å². The maximum absolute atomic E-state index is 10.9. The van der Waals surface area contributed by atoms with E-state index in [9.17, 15) is 10.5 Å². The van der Waals surface area contributed by atoms with Gasteiger partial charge >= 0.3 is 0 Å². The lowest BCUT2D eigenvalue weighted by atomic mass is 10.0. The molecule has 2 aromatic heterocycles. The van der Waals surface area contributed by atoms with E-state index < -0.39 is 0 Å². The third-order valence-corrected chi connectivity index (χ3v) is 10.4. The number of hydrogen-bond acceptors (Lipinski definition) is 5. The van der Waals surface area contributed by atoms with E-state index in [0.29, 0.717) is 22.5 Å². The van der Waals surface area contributed by atoms with Crippen LogP contribution in [0.25, 0.3) is 49.4 Å². The molecule has 2 heterocycles. The van der Waals surface area contributed by atoms with Gasteiger partial charge in [-0.2, -0.15) is 10.5 Å². The molecular weight excluding hydrogens is 687 g/mol. The van der Waals surface area contributed by atoms with Crippen molar-refractivity contribution in [2.75, 3.05) is 9.80 Å². The lowest BCUT2D eigenvalue weighted by Crippen LogP contribution is -2.16. The van der Waals surface area contributed by atoms with Crippen molar-refractivity contribution >= 4 is 77.9 Å². The van der Waals surface area contributed by atoms with Crippen LogP contribution in [0.4, 0.5) is 34.1 Å². The van der Waals surface area contributed by atoms with E-state index in [1.165, 1.54) is 0 Å². The Bertz CT molecular complexity index is 3080. The van der Waals surface area contributed by atoms with Crippen molar-refractivity contribution in [3.05, 3.63) is 199 Å². The normalized spacial score (nSPS) is 11.2. The van der Waals surface area contributed by atoms with E-state index in [1.54, 1.807) is 12.1 Å². The number of furan rings is 1. The highest BCUT2D eigenvalue weighted by Crippen LogP contribution is 2.46. The van der Waals surface area contributed by atoms with Crippen LogP contribution in [-0.2, 0) is 0 Å². The molecule has 10 aromatic rings. The van der Waals surface area contributed by atoms with Crippen LogP contribution >= 0.6 is 0 Å². The first-order valence-electron chi connectivity index (χ1n) is 18.4. The second-order valence-electron chi connectivity index (χ2n) is 13.6. The van der Waals surface area contributed by atoms with Crippen molar-refractivity contribution in [1.82, 2.24) is 4.57 Å². The molecule has 6 nitrogen and oxygen atoms in total. The van der Waals surface area contributed by atoms with Crippen molar-refractivity contribution in [2.24, 2.45) is 0 Å². The molecule has 0 saturated heterocycles. The summed E-state index contributed by atoms with van der Waals surface area (Å²) in [6.45, 7) is 0. The number of hydrogen-bond donors (Lipinski definition) is 0. The van der Waals surface area contributed by atoms with E-state index in [1.807, 2.05) is 84.9 Å². The Balaban J connectivity index is 1.26. The lowest BCUT2D eigenvalue weighted by molar-refractivity contribution is 0.669. The second-order valence-corrected chi connectivity index (χ2v) is 13.6. The van der Waals surface area contributed by atoms with Crippen molar-refractivity contribution < 1.29 is 4.42 Å². The van der Waals surface area contributed by atoms with Gasteiger partial charge in [0.05, 0.1) is 39.2 Å². The highest BCUT2D eigenvalue weighted by Gasteiger charge is 2.27.